The standard InChI is InChI=1S/C15H19BN2O2/c1-4-20-14(19)13(12-8-6-5-7-9-12)16-15-17(2)10-11-18(15)3/h5-11,13H,4H2,1-3H3/q+1. The van der Waals surface area contributed by atoms with Crippen LogP contribution in [0.2, 0.25) is 0 Å². The third-order valence-corrected chi connectivity index (χ3v) is 3.25. The van der Waals surface area contributed by atoms with Crippen LogP contribution in [0.3, 0.4) is 0 Å². The Morgan fingerprint density at radius 2 is 2.10 bits per heavy atom. The molecule has 20 heavy (non-hydrogen) atoms. The van der Waals surface area contributed by atoms with Crippen molar-refractivity contribution in [2.75, 3.05) is 6.61 Å². The molecule has 0 aliphatic carbocycles. The van der Waals surface area contributed by atoms with Gasteiger partial charge in [0.05, 0.1) is 26.5 Å². The Bertz CT molecular complexity index is 561. The molecule has 103 valence electrons. The summed E-state index contributed by atoms with van der Waals surface area (Å²) in [4.78, 5) is 12.2. The van der Waals surface area contributed by atoms with Gasteiger partial charge in [-0.05, 0) is 12.5 Å². The fourth-order valence-corrected chi connectivity index (χ4v) is 2.18. The van der Waals surface area contributed by atoms with Crippen LogP contribution in [0.5, 0.6) is 0 Å². The van der Waals surface area contributed by atoms with E-state index in [4.69, 9.17) is 4.74 Å². The summed E-state index contributed by atoms with van der Waals surface area (Å²) < 4.78 is 9.16. The maximum absolute atomic E-state index is 12.2. The maximum atomic E-state index is 12.2. The fraction of sp³-hybridized carbons (Fsp3) is 0.333. The molecule has 0 N–H and O–H groups in total. The number of esters is 1. The SMILES string of the molecule is CCOC(=O)C([B]c1n(C)cc[n+]1C)c1ccccc1. The summed E-state index contributed by atoms with van der Waals surface area (Å²) in [5, 5.41) is 0. The molecule has 0 aliphatic heterocycles. The first-order valence-electron chi connectivity index (χ1n) is 6.71. The minimum atomic E-state index is -0.393. The molecule has 2 rings (SSSR count). The van der Waals surface area contributed by atoms with E-state index in [1.165, 1.54) is 0 Å². The number of nitrogens with zero attached hydrogens (tertiary/aromatic N) is 2. The number of ether oxygens (including phenoxy) is 1. The zero-order valence-corrected chi connectivity index (χ0v) is 12.1. The summed E-state index contributed by atoms with van der Waals surface area (Å²) in [5.41, 5.74) is 1.90. The van der Waals surface area contributed by atoms with Gasteiger partial charge in [0.25, 0.3) is 7.28 Å². The second-order valence-corrected chi connectivity index (χ2v) is 4.69. The predicted octanol–water partition coefficient (Wildman–Crippen LogP) is 0.484. The van der Waals surface area contributed by atoms with Crippen molar-refractivity contribution in [1.82, 2.24) is 4.57 Å². The summed E-state index contributed by atoms with van der Waals surface area (Å²) in [5.74, 6) is -0.615. The van der Waals surface area contributed by atoms with Gasteiger partial charge in [0.15, 0.2) is 5.72 Å². The van der Waals surface area contributed by atoms with E-state index >= 15 is 0 Å². The van der Waals surface area contributed by atoms with Gasteiger partial charge in [-0.15, -0.1) is 0 Å². The van der Waals surface area contributed by atoms with E-state index in [1.54, 1.807) is 0 Å². The van der Waals surface area contributed by atoms with Crippen LogP contribution in [-0.4, -0.2) is 24.4 Å². The van der Waals surface area contributed by atoms with Crippen molar-refractivity contribution in [3.63, 3.8) is 0 Å². The zero-order valence-electron chi connectivity index (χ0n) is 12.1. The highest BCUT2D eigenvalue weighted by atomic mass is 16.5. The van der Waals surface area contributed by atoms with Crippen LogP contribution in [0.4, 0.5) is 0 Å². The topological polar surface area (TPSA) is 35.1 Å². The van der Waals surface area contributed by atoms with Crippen molar-refractivity contribution in [3.05, 3.63) is 48.3 Å². The first kappa shape index (κ1) is 14.4. The van der Waals surface area contributed by atoms with Crippen LogP contribution >= 0.6 is 0 Å². The van der Waals surface area contributed by atoms with Crippen LogP contribution in [-0.2, 0) is 23.6 Å². The lowest BCUT2D eigenvalue weighted by atomic mass is 9.60. The largest absolute Gasteiger partial charge is 0.466 e. The molecule has 0 spiro atoms. The second kappa shape index (κ2) is 6.41. The number of carbonyl (C=O) groups excluding carboxylic acids is 1. The predicted molar refractivity (Wildman–Crippen MR) is 77.8 cm³/mol. The molecule has 0 aliphatic rings. The number of rotatable bonds is 5. The average Bonchev–Trinajstić information content (AvgIpc) is 2.77. The van der Waals surface area contributed by atoms with Crippen LogP contribution < -0.4 is 10.3 Å². The Kier molecular flexibility index (Phi) is 4.61. The molecule has 0 fully saturated rings. The number of hydrogen-bond donors (Lipinski definition) is 0. The summed E-state index contributed by atoms with van der Waals surface area (Å²) in [6.07, 6.45) is 3.91. The van der Waals surface area contributed by atoms with Crippen molar-refractivity contribution in [3.8, 4) is 0 Å². The maximum Gasteiger partial charge on any atom is 0.306 e. The van der Waals surface area contributed by atoms with Crippen molar-refractivity contribution in [2.45, 2.75) is 12.7 Å². The number of imidazole rings is 1. The lowest BCUT2D eigenvalue weighted by Gasteiger charge is -2.13. The van der Waals surface area contributed by atoms with Gasteiger partial charge in [-0.2, -0.15) is 0 Å². The summed E-state index contributed by atoms with van der Waals surface area (Å²) in [6, 6.07) is 9.69. The molecular formula is C15H19BN2O2+. The first-order chi connectivity index (χ1) is 9.63. The monoisotopic (exact) mass is 270 g/mol. The summed E-state index contributed by atoms with van der Waals surface area (Å²) >= 11 is 0. The second-order valence-electron chi connectivity index (χ2n) is 4.69. The Labute approximate surface area is 120 Å². The number of hydrogen-bond acceptors (Lipinski definition) is 2. The number of aromatic nitrogens is 2. The van der Waals surface area contributed by atoms with E-state index < -0.39 is 5.82 Å². The van der Waals surface area contributed by atoms with Gasteiger partial charge in [-0.25, -0.2) is 9.13 Å². The van der Waals surface area contributed by atoms with Gasteiger partial charge in [-0.1, -0.05) is 30.3 Å². The molecule has 1 unspecified atom stereocenters. The zero-order chi connectivity index (χ0) is 14.5. The fourth-order valence-electron chi connectivity index (χ4n) is 2.18. The molecule has 1 atom stereocenters. The van der Waals surface area contributed by atoms with Crippen LogP contribution in [0.25, 0.3) is 0 Å². The van der Waals surface area contributed by atoms with Gasteiger partial charge in [0.1, 0.15) is 12.4 Å². The van der Waals surface area contributed by atoms with Crippen LogP contribution in [0.15, 0.2) is 42.7 Å². The summed E-state index contributed by atoms with van der Waals surface area (Å²) in [6.45, 7) is 2.21. The molecule has 0 amide bonds. The van der Waals surface area contributed by atoms with Gasteiger partial charge < -0.3 is 4.74 Å². The van der Waals surface area contributed by atoms with Crippen molar-refractivity contribution >= 4 is 19.0 Å². The third kappa shape index (κ3) is 3.10. The van der Waals surface area contributed by atoms with Gasteiger partial charge in [0, 0.05) is 0 Å². The Morgan fingerprint density at radius 1 is 1.40 bits per heavy atom. The lowest BCUT2D eigenvalue weighted by molar-refractivity contribution is -0.653. The van der Waals surface area contributed by atoms with E-state index in [0.29, 0.717) is 6.61 Å². The quantitative estimate of drug-likeness (QED) is 0.450. The molecule has 1 aromatic heterocycles. The molecule has 1 heterocycles. The van der Waals surface area contributed by atoms with Crippen molar-refractivity contribution in [1.29, 1.82) is 0 Å². The molecule has 5 heteroatoms. The number of aryl methyl sites for hydroxylation is 2. The summed E-state index contributed by atoms with van der Waals surface area (Å²) in [7, 11) is 5.85. The molecule has 4 nitrogen and oxygen atoms in total. The Hall–Kier alpha value is -2.04. The normalized spacial score (nSPS) is 11.9. The highest BCUT2D eigenvalue weighted by molar-refractivity contribution is 6.56. The van der Waals surface area contributed by atoms with Crippen molar-refractivity contribution < 1.29 is 14.1 Å². The minimum absolute atomic E-state index is 0.222. The lowest BCUT2D eigenvalue weighted by Crippen LogP contribution is -2.52. The molecule has 1 aromatic carbocycles. The number of carbonyl (C=O) groups is 1. The Balaban J connectivity index is 2.30. The molecule has 0 bridgehead atoms. The van der Waals surface area contributed by atoms with Crippen LogP contribution in [0, 0.1) is 0 Å². The van der Waals surface area contributed by atoms with Crippen LogP contribution in [0.1, 0.15) is 18.3 Å². The molecular weight excluding hydrogens is 251 g/mol. The van der Waals surface area contributed by atoms with Gasteiger partial charge in [0.2, 0.25) is 0 Å². The first-order valence-corrected chi connectivity index (χ1v) is 6.71. The molecule has 2 aromatic rings. The number of benzene rings is 1. The Morgan fingerprint density at radius 3 is 2.65 bits per heavy atom. The van der Waals surface area contributed by atoms with E-state index in [1.807, 2.05) is 80.2 Å². The molecule has 1 radical (unpaired) electrons. The van der Waals surface area contributed by atoms with E-state index in [0.717, 1.165) is 11.3 Å². The van der Waals surface area contributed by atoms with E-state index in [9.17, 15) is 4.79 Å². The molecule has 0 saturated carbocycles. The van der Waals surface area contributed by atoms with E-state index in [-0.39, 0.29) is 5.97 Å². The highest BCUT2D eigenvalue weighted by Crippen LogP contribution is 2.15. The van der Waals surface area contributed by atoms with Gasteiger partial charge >= 0.3 is 5.97 Å². The third-order valence-electron chi connectivity index (χ3n) is 3.25. The van der Waals surface area contributed by atoms with E-state index in [2.05, 4.69) is 0 Å². The van der Waals surface area contributed by atoms with Crippen molar-refractivity contribution in [2.24, 2.45) is 14.1 Å². The van der Waals surface area contributed by atoms with Gasteiger partial charge in [-0.3, -0.25) is 4.79 Å². The highest BCUT2D eigenvalue weighted by Gasteiger charge is 2.29. The smallest absolute Gasteiger partial charge is 0.306 e. The average molecular weight is 270 g/mol. The molecule has 0 saturated heterocycles. The minimum Gasteiger partial charge on any atom is -0.466 e.